The fourth-order valence-electron chi connectivity index (χ4n) is 2.09. The van der Waals surface area contributed by atoms with E-state index in [4.69, 9.17) is 9.47 Å². The number of ether oxygens (including phenoxy) is 2. The van der Waals surface area contributed by atoms with E-state index in [2.05, 4.69) is 10.6 Å². The third-order valence-electron chi connectivity index (χ3n) is 3.44. The van der Waals surface area contributed by atoms with E-state index in [0.29, 0.717) is 22.7 Å². The average Bonchev–Trinajstić information content (AvgIpc) is 2.67. The predicted octanol–water partition coefficient (Wildman–Crippen LogP) is 2.84. The van der Waals surface area contributed by atoms with Crippen LogP contribution in [-0.2, 0) is 14.3 Å². The maximum absolute atomic E-state index is 12.3. The van der Waals surface area contributed by atoms with Crippen molar-refractivity contribution in [3.63, 3.8) is 0 Å². The Morgan fingerprint density at radius 1 is 0.962 bits per heavy atom. The maximum Gasteiger partial charge on any atom is 0.306 e. The third-order valence-corrected chi connectivity index (χ3v) is 3.44. The summed E-state index contributed by atoms with van der Waals surface area (Å²) in [5.74, 6) is -0.628. The lowest BCUT2D eigenvalue weighted by molar-refractivity contribution is -0.146. The van der Waals surface area contributed by atoms with E-state index in [1.165, 1.54) is 7.11 Å². The molecule has 0 unspecified atom stereocenters. The minimum Gasteiger partial charge on any atom is -0.495 e. The van der Waals surface area contributed by atoms with E-state index in [0.717, 1.165) is 0 Å². The van der Waals surface area contributed by atoms with Gasteiger partial charge in [-0.3, -0.25) is 14.4 Å². The zero-order valence-electron chi connectivity index (χ0n) is 14.6. The Hall–Kier alpha value is -3.35. The molecule has 0 atom stereocenters. The van der Waals surface area contributed by atoms with Crippen LogP contribution in [0.5, 0.6) is 5.75 Å². The quantitative estimate of drug-likeness (QED) is 0.744. The summed E-state index contributed by atoms with van der Waals surface area (Å²) in [5.41, 5.74) is 1.48. The van der Waals surface area contributed by atoms with Crippen LogP contribution < -0.4 is 15.4 Å². The number of hydrogen-bond acceptors (Lipinski definition) is 5. The second-order valence-corrected chi connectivity index (χ2v) is 5.29. The number of benzene rings is 2. The third kappa shape index (κ3) is 5.34. The van der Waals surface area contributed by atoms with Crippen LogP contribution in [0.15, 0.2) is 48.5 Å². The molecule has 0 aliphatic carbocycles. The summed E-state index contributed by atoms with van der Waals surface area (Å²) in [6.07, 6.45) is 0.212. The summed E-state index contributed by atoms with van der Waals surface area (Å²) in [4.78, 5) is 35.0. The average molecular weight is 356 g/mol. The molecule has 136 valence electrons. The van der Waals surface area contributed by atoms with E-state index in [9.17, 15) is 14.4 Å². The van der Waals surface area contributed by atoms with Gasteiger partial charge in [0.1, 0.15) is 5.75 Å². The molecule has 2 aromatic rings. The minimum absolute atomic E-state index is 0.212. The molecule has 0 aliphatic heterocycles. The maximum atomic E-state index is 12.3. The zero-order valence-corrected chi connectivity index (χ0v) is 14.6. The molecule has 0 fully saturated rings. The molecular formula is C19H20N2O5. The molecule has 0 saturated heterocycles. The predicted molar refractivity (Wildman–Crippen MR) is 97.3 cm³/mol. The first-order valence-corrected chi connectivity index (χ1v) is 8.03. The van der Waals surface area contributed by atoms with Crippen molar-refractivity contribution < 1.29 is 23.9 Å². The number of hydrogen-bond donors (Lipinski definition) is 2. The van der Waals surface area contributed by atoms with E-state index >= 15 is 0 Å². The Balaban J connectivity index is 1.95. The fourth-order valence-corrected chi connectivity index (χ4v) is 2.09. The first kappa shape index (κ1) is 19.0. The summed E-state index contributed by atoms with van der Waals surface area (Å²) in [6, 6.07) is 13.4. The highest BCUT2D eigenvalue weighted by Gasteiger charge is 2.10. The number of esters is 1. The van der Waals surface area contributed by atoms with Gasteiger partial charge in [-0.05, 0) is 36.4 Å². The second kappa shape index (κ2) is 9.22. The molecule has 0 aromatic heterocycles. The summed E-state index contributed by atoms with van der Waals surface area (Å²) < 4.78 is 9.94. The molecule has 2 rings (SSSR count). The normalized spacial score (nSPS) is 9.92. The number of para-hydroxylation sites is 2. The van der Waals surface area contributed by atoms with Crippen molar-refractivity contribution in [3.8, 4) is 5.75 Å². The van der Waals surface area contributed by atoms with Crippen molar-refractivity contribution in [1.82, 2.24) is 0 Å². The molecule has 2 amide bonds. The van der Waals surface area contributed by atoms with Gasteiger partial charge in [-0.25, -0.2) is 0 Å². The Morgan fingerprint density at radius 2 is 1.65 bits per heavy atom. The standard InChI is InChI=1S/C19H20N2O5/c1-3-18(23)26-12-17(22)20-14-10-8-13(9-11-14)19(24)21-15-6-4-5-7-16(15)25-2/h4-11H,3,12H2,1-2H3,(H,20,22)(H,21,24). The Bertz CT molecular complexity index is 787. The van der Waals surface area contributed by atoms with Crippen molar-refractivity contribution in [2.24, 2.45) is 0 Å². The number of nitrogens with one attached hydrogen (secondary N) is 2. The summed E-state index contributed by atoms with van der Waals surface area (Å²) in [6.45, 7) is 1.30. The van der Waals surface area contributed by atoms with Crippen LogP contribution in [0.1, 0.15) is 23.7 Å². The highest BCUT2D eigenvalue weighted by Crippen LogP contribution is 2.23. The molecule has 2 N–H and O–H groups in total. The Morgan fingerprint density at radius 3 is 2.31 bits per heavy atom. The molecule has 2 aromatic carbocycles. The Labute approximate surface area is 151 Å². The number of methoxy groups -OCH3 is 1. The first-order valence-electron chi connectivity index (χ1n) is 8.03. The van der Waals surface area contributed by atoms with Crippen molar-refractivity contribution in [3.05, 3.63) is 54.1 Å². The van der Waals surface area contributed by atoms with Gasteiger partial charge in [-0.15, -0.1) is 0 Å². The van der Waals surface area contributed by atoms with Gasteiger partial charge >= 0.3 is 5.97 Å². The van der Waals surface area contributed by atoms with Crippen LogP contribution in [0.4, 0.5) is 11.4 Å². The smallest absolute Gasteiger partial charge is 0.306 e. The zero-order chi connectivity index (χ0) is 18.9. The fraction of sp³-hybridized carbons (Fsp3) is 0.211. The lowest BCUT2D eigenvalue weighted by atomic mass is 10.2. The molecule has 26 heavy (non-hydrogen) atoms. The van der Waals surface area contributed by atoms with Gasteiger partial charge in [-0.1, -0.05) is 19.1 Å². The van der Waals surface area contributed by atoms with Gasteiger partial charge in [0.2, 0.25) is 0 Å². The van der Waals surface area contributed by atoms with Crippen LogP contribution in [-0.4, -0.2) is 31.5 Å². The van der Waals surface area contributed by atoms with Gasteiger partial charge in [0, 0.05) is 17.7 Å². The van der Waals surface area contributed by atoms with E-state index < -0.39 is 11.9 Å². The van der Waals surface area contributed by atoms with Gasteiger partial charge in [0.05, 0.1) is 12.8 Å². The molecular weight excluding hydrogens is 336 g/mol. The lowest BCUT2D eigenvalue weighted by Crippen LogP contribution is -2.20. The second-order valence-electron chi connectivity index (χ2n) is 5.29. The monoisotopic (exact) mass is 356 g/mol. The molecule has 7 nitrogen and oxygen atoms in total. The van der Waals surface area contributed by atoms with Crippen LogP contribution >= 0.6 is 0 Å². The highest BCUT2D eigenvalue weighted by molar-refractivity contribution is 6.05. The SMILES string of the molecule is CCC(=O)OCC(=O)Nc1ccc(C(=O)Nc2ccccc2OC)cc1. The molecule has 7 heteroatoms. The van der Waals surface area contributed by atoms with Crippen molar-refractivity contribution >= 4 is 29.2 Å². The summed E-state index contributed by atoms with van der Waals surface area (Å²) in [5, 5.41) is 5.36. The number of carbonyl (C=O) groups excluding carboxylic acids is 3. The summed E-state index contributed by atoms with van der Waals surface area (Å²) in [7, 11) is 1.53. The number of rotatable bonds is 7. The largest absolute Gasteiger partial charge is 0.495 e. The number of carbonyl (C=O) groups is 3. The van der Waals surface area contributed by atoms with Crippen LogP contribution in [0, 0.1) is 0 Å². The lowest BCUT2D eigenvalue weighted by Gasteiger charge is -2.10. The molecule has 0 saturated carbocycles. The van der Waals surface area contributed by atoms with Crippen molar-refractivity contribution in [2.45, 2.75) is 13.3 Å². The van der Waals surface area contributed by atoms with Crippen LogP contribution in [0.3, 0.4) is 0 Å². The van der Waals surface area contributed by atoms with E-state index in [1.807, 2.05) is 6.07 Å². The minimum atomic E-state index is -0.446. The van der Waals surface area contributed by atoms with Gasteiger partial charge in [-0.2, -0.15) is 0 Å². The van der Waals surface area contributed by atoms with Crippen LogP contribution in [0.25, 0.3) is 0 Å². The van der Waals surface area contributed by atoms with Gasteiger partial charge in [0.25, 0.3) is 11.8 Å². The molecule has 0 bridgehead atoms. The van der Waals surface area contributed by atoms with E-state index in [-0.39, 0.29) is 18.9 Å². The van der Waals surface area contributed by atoms with Gasteiger partial charge in [0.15, 0.2) is 6.61 Å². The molecule has 0 spiro atoms. The number of anilines is 2. The molecule has 0 radical (unpaired) electrons. The van der Waals surface area contributed by atoms with Crippen molar-refractivity contribution in [2.75, 3.05) is 24.4 Å². The Kier molecular flexibility index (Phi) is 6.73. The molecule has 0 aliphatic rings. The van der Waals surface area contributed by atoms with E-state index in [1.54, 1.807) is 49.4 Å². The highest BCUT2D eigenvalue weighted by atomic mass is 16.5. The molecule has 0 heterocycles. The van der Waals surface area contributed by atoms with Crippen LogP contribution in [0.2, 0.25) is 0 Å². The number of amides is 2. The topological polar surface area (TPSA) is 93.7 Å². The summed E-state index contributed by atoms with van der Waals surface area (Å²) >= 11 is 0. The van der Waals surface area contributed by atoms with Gasteiger partial charge < -0.3 is 20.1 Å². The first-order chi connectivity index (χ1) is 12.5. The van der Waals surface area contributed by atoms with Crippen molar-refractivity contribution in [1.29, 1.82) is 0 Å².